The van der Waals surface area contributed by atoms with E-state index in [1.54, 1.807) is 12.1 Å². The second-order valence-corrected chi connectivity index (χ2v) is 4.79. The van der Waals surface area contributed by atoms with Crippen LogP contribution in [0.4, 0.5) is 5.69 Å². The number of rotatable bonds is 3. The van der Waals surface area contributed by atoms with Gasteiger partial charge in [0.05, 0.1) is 4.92 Å². The summed E-state index contributed by atoms with van der Waals surface area (Å²) in [6, 6.07) is 4.62. The second kappa shape index (κ2) is 7.21. The average molecular weight is 300 g/mol. The summed E-state index contributed by atoms with van der Waals surface area (Å²) in [7, 11) is 0. The van der Waals surface area contributed by atoms with Crippen LogP contribution in [-0.2, 0) is 0 Å². The number of nitro benzene ring substituents is 1. The number of aryl methyl sites for hydroxylation is 1. The largest absolute Gasteiger partial charge is 0.348 e. The fourth-order valence-electron chi connectivity index (χ4n) is 2.23. The number of hydrogen-bond donors (Lipinski definition) is 2. The Bertz CT molecular complexity index is 502. The first kappa shape index (κ1) is 16.4. The van der Waals surface area contributed by atoms with E-state index in [1.165, 1.54) is 6.07 Å². The minimum Gasteiger partial charge on any atom is -0.348 e. The molecule has 2 N–H and O–H groups in total. The van der Waals surface area contributed by atoms with Gasteiger partial charge in [-0.15, -0.1) is 12.4 Å². The van der Waals surface area contributed by atoms with Crippen molar-refractivity contribution in [1.29, 1.82) is 0 Å². The fraction of sp³-hybridized carbons (Fsp3) is 0.462. The number of hydrogen-bond acceptors (Lipinski definition) is 4. The number of carbonyl (C=O) groups excluding carboxylic acids is 1. The van der Waals surface area contributed by atoms with Crippen LogP contribution in [0.1, 0.15) is 28.8 Å². The minimum atomic E-state index is -0.520. The van der Waals surface area contributed by atoms with Gasteiger partial charge in [0.15, 0.2) is 0 Å². The Morgan fingerprint density at radius 2 is 2.25 bits per heavy atom. The van der Waals surface area contributed by atoms with Crippen LogP contribution in [0.15, 0.2) is 18.2 Å². The summed E-state index contributed by atoms with van der Waals surface area (Å²) in [6.45, 7) is 3.48. The normalized spacial score (nSPS) is 17.9. The van der Waals surface area contributed by atoms with Crippen LogP contribution in [-0.4, -0.2) is 30.0 Å². The number of nitrogens with one attached hydrogen (secondary N) is 2. The van der Waals surface area contributed by atoms with Crippen molar-refractivity contribution in [2.45, 2.75) is 25.8 Å². The predicted molar refractivity (Wildman–Crippen MR) is 78.4 cm³/mol. The highest BCUT2D eigenvalue weighted by Crippen LogP contribution is 2.20. The summed E-state index contributed by atoms with van der Waals surface area (Å²) >= 11 is 0. The molecular weight excluding hydrogens is 282 g/mol. The van der Waals surface area contributed by atoms with Crippen LogP contribution < -0.4 is 10.6 Å². The number of benzene rings is 1. The molecule has 1 heterocycles. The topological polar surface area (TPSA) is 84.3 Å². The van der Waals surface area contributed by atoms with E-state index < -0.39 is 4.92 Å². The summed E-state index contributed by atoms with van der Waals surface area (Å²) in [6.07, 6.45) is 1.90. The molecule has 1 aliphatic heterocycles. The number of piperidine rings is 1. The Kier molecular flexibility index (Phi) is 5.91. The van der Waals surface area contributed by atoms with Gasteiger partial charge in [0, 0.05) is 18.7 Å². The number of amides is 1. The lowest BCUT2D eigenvalue weighted by atomic mass is 10.1. The second-order valence-electron chi connectivity index (χ2n) is 4.79. The van der Waals surface area contributed by atoms with Crippen LogP contribution in [0.5, 0.6) is 0 Å². The predicted octanol–water partition coefficient (Wildman–Crippen LogP) is 1.81. The summed E-state index contributed by atoms with van der Waals surface area (Å²) in [5.41, 5.74) is 0.819. The van der Waals surface area contributed by atoms with Crippen LogP contribution >= 0.6 is 12.4 Å². The molecular formula is C13H18ClN3O3. The fourth-order valence-corrected chi connectivity index (χ4v) is 2.23. The molecule has 0 spiro atoms. The molecule has 7 heteroatoms. The Hall–Kier alpha value is -1.66. The van der Waals surface area contributed by atoms with Crippen LogP contribution in [0.3, 0.4) is 0 Å². The molecule has 1 aromatic rings. The molecule has 1 aliphatic rings. The van der Waals surface area contributed by atoms with Crippen molar-refractivity contribution in [2.75, 3.05) is 13.1 Å². The van der Waals surface area contributed by atoms with E-state index in [9.17, 15) is 14.9 Å². The maximum atomic E-state index is 12.1. The molecule has 0 saturated carbocycles. The molecule has 0 radical (unpaired) electrons. The molecule has 0 aromatic heterocycles. The molecule has 20 heavy (non-hydrogen) atoms. The first-order valence-electron chi connectivity index (χ1n) is 6.34. The zero-order chi connectivity index (χ0) is 13.8. The lowest BCUT2D eigenvalue weighted by Crippen LogP contribution is -2.45. The minimum absolute atomic E-state index is 0. The quantitative estimate of drug-likeness (QED) is 0.658. The number of nitro groups is 1. The zero-order valence-electron chi connectivity index (χ0n) is 11.2. The highest BCUT2D eigenvalue weighted by molar-refractivity contribution is 5.98. The van der Waals surface area contributed by atoms with Crippen molar-refractivity contribution in [3.63, 3.8) is 0 Å². The molecule has 1 saturated heterocycles. The van der Waals surface area contributed by atoms with Gasteiger partial charge in [-0.3, -0.25) is 14.9 Å². The first-order valence-corrected chi connectivity index (χ1v) is 6.34. The summed E-state index contributed by atoms with van der Waals surface area (Å²) in [5.74, 6) is -0.371. The van der Waals surface area contributed by atoms with Gasteiger partial charge >= 0.3 is 0 Å². The highest BCUT2D eigenvalue weighted by atomic mass is 35.5. The van der Waals surface area contributed by atoms with Gasteiger partial charge in [0.25, 0.3) is 11.6 Å². The van der Waals surface area contributed by atoms with E-state index in [0.717, 1.165) is 24.9 Å². The van der Waals surface area contributed by atoms with Gasteiger partial charge < -0.3 is 10.6 Å². The Morgan fingerprint density at radius 3 is 2.85 bits per heavy atom. The Morgan fingerprint density at radius 1 is 1.50 bits per heavy atom. The zero-order valence-corrected chi connectivity index (χ0v) is 12.0. The first-order chi connectivity index (χ1) is 9.08. The van der Waals surface area contributed by atoms with Crippen LogP contribution in [0.2, 0.25) is 0 Å². The molecule has 1 fully saturated rings. The Balaban J connectivity index is 0.00000200. The maximum absolute atomic E-state index is 12.1. The standard InChI is InChI=1S/C13H17N3O3.ClH/c1-9-4-5-12(16(18)19)11(7-9)13(17)15-10-3-2-6-14-8-10;/h4-5,7,10,14H,2-3,6,8H2,1H3,(H,15,17);1H/t10-;/m1./s1. The van der Waals surface area contributed by atoms with Crippen LogP contribution in [0, 0.1) is 17.0 Å². The third kappa shape index (κ3) is 3.91. The van der Waals surface area contributed by atoms with Gasteiger partial charge in [-0.2, -0.15) is 0 Å². The van der Waals surface area contributed by atoms with E-state index in [4.69, 9.17) is 0 Å². The lowest BCUT2D eigenvalue weighted by Gasteiger charge is -2.23. The number of nitrogens with zero attached hydrogens (tertiary/aromatic N) is 1. The van der Waals surface area contributed by atoms with E-state index in [0.29, 0.717) is 6.54 Å². The molecule has 6 nitrogen and oxygen atoms in total. The van der Waals surface area contributed by atoms with Crippen molar-refractivity contribution in [1.82, 2.24) is 10.6 Å². The molecule has 0 unspecified atom stereocenters. The molecule has 1 aromatic carbocycles. The summed E-state index contributed by atoms with van der Waals surface area (Å²) in [4.78, 5) is 22.6. The van der Waals surface area contributed by atoms with Crippen molar-refractivity contribution < 1.29 is 9.72 Å². The Labute approximate surface area is 123 Å². The smallest absolute Gasteiger partial charge is 0.282 e. The van der Waals surface area contributed by atoms with E-state index >= 15 is 0 Å². The van der Waals surface area contributed by atoms with Crippen molar-refractivity contribution in [3.05, 3.63) is 39.4 Å². The molecule has 0 bridgehead atoms. The van der Waals surface area contributed by atoms with Gasteiger partial charge in [-0.1, -0.05) is 6.07 Å². The SMILES string of the molecule is Cc1ccc([N+](=O)[O-])c(C(=O)N[C@@H]2CCCNC2)c1.Cl. The third-order valence-corrected chi connectivity index (χ3v) is 3.23. The van der Waals surface area contributed by atoms with Crippen molar-refractivity contribution in [2.24, 2.45) is 0 Å². The molecule has 0 aliphatic carbocycles. The van der Waals surface area contributed by atoms with Gasteiger partial charge in [-0.05, 0) is 37.9 Å². The molecule has 2 rings (SSSR count). The van der Waals surface area contributed by atoms with E-state index in [2.05, 4.69) is 10.6 Å². The van der Waals surface area contributed by atoms with E-state index in [-0.39, 0.29) is 35.6 Å². The van der Waals surface area contributed by atoms with E-state index in [1.807, 2.05) is 6.92 Å². The van der Waals surface area contributed by atoms with Crippen LogP contribution in [0.25, 0.3) is 0 Å². The highest BCUT2D eigenvalue weighted by Gasteiger charge is 2.23. The van der Waals surface area contributed by atoms with Crippen molar-refractivity contribution in [3.8, 4) is 0 Å². The maximum Gasteiger partial charge on any atom is 0.282 e. The average Bonchev–Trinajstić information content (AvgIpc) is 2.39. The molecule has 1 atom stereocenters. The van der Waals surface area contributed by atoms with Gasteiger partial charge in [0.1, 0.15) is 5.56 Å². The van der Waals surface area contributed by atoms with Gasteiger partial charge in [-0.25, -0.2) is 0 Å². The van der Waals surface area contributed by atoms with Gasteiger partial charge in [0.2, 0.25) is 0 Å². The molecule has 1 amide bonds. The lowest BCUT2D eigenvalue weighted by molar-refractivity contribution is -0.385. The number of halogens is 1. The third-order valence-electron chi connectivity index (χ3n) is 3.23. The summed E-state index contributed by atoms with van der Waals surface area (Å²) < 4.78 is 0. The monoisotopic (exact) mass is 299 g/mol. The van der Waals surface area contributed by atoms with Crippen molar-refractivity contribution >= 4 is 24.0 Å². The molecule has 110 valence electrons. The summed E-state index contributed by atoms with van der Waals surface area (Å²) in [5, 5.41) is 17.0. The number of carbonyl (C=O) groups is 1.